The van der Waals surface area contributed by atoms with Crippen LogP contribution < -0.4 is 9.47 Å². The van der Waals surface area contributed by atoms with E-state index in [4.69, 9.17) is 9.47 Å². The molecule has 0 saturated carbocycles. The van der Waals surface area contributed by atoms with Crippen LogP contribution in [0.3, 0.4) is 0 Å². The van der Waals surface area contributed by atoms with E-state index in [1.165, 1.54) is 7.11 Å². The minimum Gasteiger partial charge on any atom is -0.494 e. The predicted octanol–water partition coefficient (Wildman–Crippen LogP) is 2.35. The molecule has 0 atom stereocenters. The van der Waals surface area contributed by atoms with Gasteiger partial charge in [0.05, 0.1) is 13.7 Å². The Labute approximate surface area is 126 Å². The number of hydrogen-bond donors (Lipinski definition) is 0. The monoisotopic (exact) mass is 295 g/mol. The molecule has 0 bridgehead atoms. The van der Waals surface area contributed by atoms with Gasteiger partial charge in [0.2, 0.25) is 0 Å². The number of rotatable bonds is 10. The van der Waals surface area contributed by atoms with Crippen molar-refractivity contribution in [2.75, 3.05) is 40.5 Å². The van der Waals surface area contributed by atoms with Gasteiger partial charge in [-0.15, -0.1) is 0 Å². The van der Waals surface area contributed by atoms with Crippen LogP contribution in [0.4, 0.5) is 0 Å². The van der Waals surface area contributed by atoms with Crippen LogP contribution in [-0.2, 0) is 9.53 Å². The van der Waals surface area contributed by atoms with Gasteiger partial charge in [0.1, 0.15) is 18.1 Å². The van der Waals surface area contributed by atoms with Crippen molar-refractivity contribution in [2.24, 2.45) is 0 Å². The predicted molar refractivity (Wildman–Crippen MR) is 81.9 cm³/mol. The van der Waals surface area contributed by atoms with Gasteiger partial charge in [0.25, 0.3) is 0 Å². The molecule has 1 rings (SSSR count). The minimum absolute atomic E-state index is 0.158. The number of ether oxygens (including phenoxy) is 3. The quantitative estimate of drug-likeness (QED) is 0.620. The van der Waals surface area contributed by atoms with E-state index in [-0.39, 0.29) is 5.97 Å². The Balaban J connectivity index is 2.16. The van der Waals surface area contributed by atoms with E-state index in [0.29, 0.717) is 19.6 Å². The molecule has 0 aliphatic heterocycles. The van der Waals surface area contributed by atoms with Crippen molar-refractivity contribution in [3.05, 3.63) is 24.3 Å². The fourth-order valence-electron chi connectivity index (χ4n) is 1.83. The van der Waals surface area contributed by atoms with E-state index in [9.17, 15) is 4.79 Å². The average molecular weight is 295 g/mol. The Kier molecular flexibility index (Phi) is 8.28. The summed E-state index contributed by atoms with van der Waals surface area (Å²) in [7, 11) is 3.43. The Morgan fingerprint density at radius 3 is 2.29 bits per heavy atom. The van der Waals surface area contributed by atoms with Gasteiger partial charge in [0, 0.05) is 13.0 Å². The lowest BCUT2D eigenvalue weighted by molar-refractivity contribution is -0.140. The molecule has 118 valence electrons. The van der Waals surface area contributed by atoms with Gasteiger partial charge in [-0.2, -0.15) is 0 Å². The molecule has 0 aliphatic carbocycles. The standard InChI is InChI=1S/C16H25NO4/c1-4-20-14-7-9-15(10-8-14)21-13-12-17(2)11-5-6-16(18)19-3/h7-10H,4-6,11-13H2,1-3H3. The third-order valence-corrected chi connectivity index (χ3v) is 3.02. The van der Waals surface area contributed by atoms with Crippen LogP contribution in [0.25, 0.3) is 0 Å². The first-order chi connectivity index (χ1) is 10.2. The van der Waals surface area contributed by atoms with Gasteiger partial charge in [-0.3, -0.25) is 4.79 Å². The lowest BCUT2D eigenvalue weighted by Crippen LogP contribution is -2.25. The normalized spacial score (nSPS) is 10.5. The van der Waals surface area contributed by atoms with E-state index < -0.39 is 0 Å². The maximum atomic E-state index is 11.0. The zero-order valence-corrected chi connectivity index (χ0v) is 13.1. The van der Waals surface area contributed by atoms with Crippen molar-refractivity contribution in [3.8, 4) is 11.5 Å². The maximum Gasteiger partial charge on any atom is 0.305 e. The van der Waals surface area contributed by atoms with E-state index in [1.807, 2.05) is 38.2 Å². The number of nitrogens with zero attached hydrogens (tertiary/aromatic N) is 1. The third kappa shape index (κ3) is 7.56. The lowest BCUT2D eigenvalue weighted by Gasteiger charge is -2.16. The molecule has 0 radical (unpaired) electrons. The molecule has 0 N–H and O–H groups in total. The number of carbonyl (C=O) groups is 1. The number of benzene rings is 1. The molecule has 0 unspecified atom stereocenters. The second-order valence-electron chi connectivity index (χ2n) is 4.74. The molecule has 0 heterocycles. The molecule has 5 nitrogen and oxygen atoms in total. The first-order valence-corrected chi connectivity index (χ1v) is 7.26. The van der Waals surface area contributed by atoms with Crippen molar-refractivity contribution in [1.29, 1.82) is 0 Å². The minimum atomic E-state index is -0.158. The van der Waals surface area contributed by atoms with Gasteiger partial charge in [-0.25, -0.2) is 0 Å². The summed E-state index contributed by atoms with van der Waals surface area (Å²) < 4.78 is 15.6. The Morgan fingerprint density at radius 2 is 1.71 bits per heavy atom. The number of likely N-dealkylation sites (N-methyl/N-ethyl adjacent to an activating group) is 1. The van der Waals surface area contributed by atoms with Crippen LogP contribution in [0.1, 0.15) is 19.8 Å². The SMILES string of the molecule is CCOc1ccc(OCCN(C)CCCC(=O)OC)cc1. The fourth-order valence-corrected chi connectivity index (χ4v) is 1.83. The highest BCUT2D eigenvalue weighted by molar-refractivity contribution is 5.69. The first kappa shape index (κ1) is 17.3. The van der Waals surface area contributed by atoms with Crippen molar-refractivity contribution in [1.82, 2.24) is 4.90 Å². The fraction of sp³-hybridized carbons (Fsp3) is 0.562. The summed E-state index contributed by atoms with van der Waals surface area (Å²) in [5, 5.41) is 0. The van der Waals surface area contributed by atoms with E-state index in [1.54, 1.807) is 0 Å². The van der Waals surface area contributed by atoms with Gasteiger partial charge in [-0.1, -0.05) is 0 Å². The van der Waals surface area contributed by atoms with Crippen molar-refractivity contribution in [3.63, 3.8) is 0 Å². The van der Waals surface area contributed by atoms with Gasteiger partial charge in [0.15, 0.2) is 0 Å². The van der Waals surface area contributed by atoms with Gasteiger partial charge < -0.3 is 19.1 Å². The molecular formula is C16H25NO4. The zero-order chi connectivity index (χ0) is 15.5. The summed E-state index contributed by atoms with van der Waals surface area (Å²) in [6.45, 7) is 4.90. The molecule has 21 heavy (non-hydrogen) atoms. The Bertz CT molecular complexity index is 405. The van der Waals surface area contributed by atoms with Crippen molar-refractivity contribution in [2.45, 2.75) is 19.8 Å². The second-order valence-corrected chi connectivity index (χ2v) is 4.74. The van der Waals surface area contributed by atoms with Crippen LogP contribution in [0, 0.1) is 0 Å². The van der Waals surface area contributed by atoms with Crippen molar-refractivity contribution < 1.29 is 19.0 Å². The highest BCUT2D eigenvalue weighted by atomic mass is 16.5. The zero-order valence-electron chi connectivity index (χ0n) is 13.1. The summed E-state index contributed by atoms with van der Waals surface area (Å²) >= 11 is 0. The Hall–Kier alpha value is -1.75. The summed E-state index contributed by atoms with van der Waals surface area (Å²) in [5.41, 5.74) is 0. The second kappa shape index (κ2) is 10.0. The van der Waals surface area contributed by atoms with Crippen LogP contribution in [0.5, 0.6) is 11.5 Å². The topological polar surface area (TPSA) is 48.0 Å². The van der Waals surface area contributed by atoms with E-state index >= 15 is 0 Å². The Morgan fingerprint density at radius 1 is 1.10 bits per heavy atom. The molecule has 0 aliphatic rings. The van der Waals surface area contributed by atoms with Gasteiger partial charge in [-0.05, 0) is 51.2 Å². The highest BCUT2D eigenvalue weighted by Crippen LogP contribution is 2.17. The summed E-state index contributed by atoms with van der Waals surface area (Å²) in [4.78, 5) is 13.1. The third-order valence-electron chi connectivity index (χ3n) is 3.02. The maximum absolute atomic E-state index is 11.0. The van der Waals surface area contributed by atoms with Crippen LogP contribution in [0.2, 0.25) is 0 Å². The molecule has 0 fully saturated rings. The molecule has 0 amide bonds. The first-order valence-electron chi connectivity index (χ1n) is 7.26. The average Bonchev–Trinajstić information content (AvgIpc) is 2.49. The van der Waals surface area contributed by atoms with E-state index in [2.05, 4.69) is 9.64 Å². The number of esters is 1. The van der Waals surface area contributed by atoms with Crippen molar-refractivity contribution >= 4 is 5.97 Å². The number of methoxy groups -OCH3 is 1. The number of carbonyl (C=O) groups excluding carboxylic acids is 1. The molecule has 5 heteroatoms. The number of hydrogen-bond acceptors (Lipinski definition) is 5. The van der Waals surface area contributed by atoms with Crippen LogP contribution in [0.15, 0.2) is 24.3 Å². The largest absolute Gasteiger partial charge is 0.494 e. The van der Waals surface area contributed by atoms with Crippen LogP contribution in [-0.4, -0.2) is 51.3 Å². The van der Waals surface area contributed by atoms with Crippen LogP contribution >= 0.6 is 0 Å². The molecule has 0 aromatic heterocycles. The molecule has 0 spiro atoms. The molecule has 1 aromatic carbocycles. The summed E-state index contributed by atoms with van der Waals surface area (Å²) in [5.74, 6) is 1.53. The molecule has 0 saturated heterocycles. The summed E-state index contributed by atoms with van der Waals surface area (Å²) in [6.07, 6.45) is 1.26. The lowest BCUT2D eigenvalue weighted by atomic mass is 10.3. The van der Waals surface area contributed by atoms with Gasteiger partial charge >= 0.3 is 5.97 Å². The highest BCUT2D eigenvalue weighted by Gasteiger charge is 2.03. The smallest absolute Gasteiger partial charge is 0.305 e. The molecular weight excluding hydrogens is 270 g/mol. The van der Waals surface area contributed by atoms with E-state index in [0.717, 1.165) is 31.0 Å². The molecule has 1 aromatic rings. The summed E-state index contributed by atoms with van der Waals surface area (Å²) in [6, 6.07) is 7.61.